The fourth-order valence-electron chi connectivity index (χ4n) is 2.61. The van der Waals surface area contributed by atoms with E-state index in [1.54, 1.807) is 0 Å². The maximum atomic E-state index is 9.55. The molecule has 1 aliphatic rings. The molecule has 0 radical (unpaired) electrons. The average molecular weight is 272 g/mol. The Morgan fingerprint density at radius 3 is 2.79 bits per heavy atom. The van der Waals surface area contributed by atoms with E-state index in [1.807, 2.05) is 0 Å². The van der Waals surface area contributed by atoms with Crippen LogP contribution >= 0.6 is 0 Å². The summed E-state index contributed by atoms with van der Waals surface area (Å²) >= 11 is 0. The SMILES string of the molecule is CCCNC(C)(CO)CCCN1CC(C)OCC1C. The van der Waals surface area contributed by atoms with E-state index in [2.05, 4.69) is 37.9 Å². The second kappa shape index (κ2) is 8.20. The molecule has 0 bridgehead atoms. The monoisotopic (exact) mass is 272 g/mol. The van der Waals surface area contributed by atoms with Gasteiger partial charge in [0.2, 0.25) is 0 Å². The lowest BCUT2D eigenvalue weighted by Gasteiger charge is -2.37. The second-order valence-electron chi connectivity index (χ2n) is 6.24. The number of ether oxygens (including phenoxy) is 1. The van der Waals surface area contributed by atoms with E-state index < -0.39 is 0 Å². The van der Waals surface area contributed by atoms with Crippen LogP contribution in [-0.2, 0) is 4.74 Å². The molecular weight excluding hydrogens is 240 g/mol. The summed E-state index contributed by atoms with van der Waals surface area (Å²) in [4.78, 5) is 2.51. The summed E-state index contributed by atoms with van der Waals surface area (Å²) in [5.74, 6) is 0. The van der Waals surface area contributed by atoms with Crippen LogP contribution in [0.4, 0.5) is 0 Å². The predicted molar refractivity (Wildman–Crippen MR) is 79.5 cm³/mol. The van der Waals surface area contributed by atoms with Gasteiger partial charge < -0.3 is 15.2 Å². The Morgan fingerprint density at radius 2 is 2.16 bits per heavy atom. The first-order chi connectivity index (χ1) is 9.00. The number of aliphatic hydroxyl groups excluding tert-OH is 1. The van der Waals surface area contributed by atoms with Crippen molar-refractivity contribution in [3.8, 4) is 0 Å². The number of nitrogens with zero attached hydrogens (tertiary/aromatic N) is 1. The highest BCUT2D eigenvalue weighted by Crippen LogP contribution is 2.16. The van der Waals surface area contributed by atoms with Crippen molar-refractivity contribution in [3.05, 3.63) is 0 Å². The molecule has 1 fully saturated rings. The molecule has 0 saturated carbocycles. The molecule has 2 N–H and O–H groups in total. The molecule has 19 heavy (non-hydrogen) atoms. The topological polar surface area (TPSA) is 44.7 Å². The zero-order valence-corrected chi connectivity index (χ0v) is 13.1. The zero-order valence-electron chi connectivity index (χ0n) is 13.1. The highest BCUT2D eigenvalue weighted by molar-refractivity contribution is 4.83. The van der Waals surface area contributed by atoms with Crippen molar-refractivity contribution < 1.29 is 9.84 Å². The van der Waals surface area contributed by atoms with Crippen molar-refractivity contribution in [3.63, 3.8) is 0 Å². The number of rotatable bonds is 8. The van der Waals surface area contributed by atoms with Gasteiger partial charge in [0, 0.05) is 18.1 Å². The Morgan fingerprint density at radius 1 is 1.42 bits per heavy atom. The van der Waals surface area contributed by atoms with Gasteiger partial charge in [-0.25, -0.2) is 0 Å². The minimum atomic E-state index is -0.128. The first-order valence-corrected chi connectivity index (χ1v) is 7.72. The maximum Gasteiger partial charge on any atom is 0.0674 e. The fourth-order valence-corrected chi connectivity index (χ4v) is 2.61. The molecule has 1 heterocycles. The van der Waals surface area contributed by atoms with Crippen molar-refractivity contribution >= 4 is 0 Å². The van der Waals surface area contributed by atoms with Crippen LogP contribution in [0.1, 0.15) is 47.0 Å². The molecule has 0 aromatic carbocycles. The van der Waals surface area contributed by atoms with E-state index in [0.29, 0.717) is 12.1 Å². The molecule has 3 atom stereocenters. The van der Waals surface area contributed by atoms with Crippen LogP contribution in [0.15, 0.2) is 0 Å². The Labute approximate surface area is 118 Å². The van der Waals surface area contributed by atoms with Gasteiger partial charge >= 0.3 is 0 Å². The summed E-state index contributed by atoms with van der Waals surface area (Å²) in [6.07, 6.45) is 3.58. The molecule has 1 saturated heterocycles. The summed E-state index contributed by atoms with van der Waals surface area (Å²) in [6, 6.07) is 0.514. The van der Waals surface area contributed by atoms with Gasteiger partial charge in [-0.3, -0.25) is 4.90 Å². The van der Waals surface area contributed by atoms with Crippen LogP contribution in [0.5, 0.6) is 0 Å². The largest absolute Gasteiger partial charge is 0.394 e. The summed E-state index contributed by atoms with van der Waals surface area (Å²) in [7, 11) is 0. The lowest BCUT2D eigenvalue weighted by Crippen LogP contribution is -2.49. The quantitative estimate of drug-likeness (QED) is 0.705. The number of morpholine rings is 1. The van der Waals surface area contributed by atoms with Gasteiger partial charge in [-0.15, -0.1) is 0 Å². The van der Waals surface area contributed by atoms with Crippen molar-refractivity contribution in [2.24, 2.45) is 0 Å². The first kappa shape index (κ1) is 16.9. The molecule has 0 aromatic heterocycles. The molecular formula is C15H32N2O2. The standard InChI is InChI=1S/C15H32N2O2/c1-5-8-16-15(4,12-18)7-6-9-17-10-14(3)19-11-13(17)2/h13-14,16,18H,5-12H2,1-4H3. The van der Waals surface area contributed by atoms with E-state index in [1.165, 1.54) is 0 Å². The Bertz CT molecular complexity index is 250. The molecule has 3 unspecified atom stereocenters. The van der Waals surface area contributed by atoms with Crippen LogP contribution in [0.25, 0.3) is 0 Å². The van der Waals surface area contributed by atoms with E-state index in [0.717, 1.165) is 45.5 Å². The van der Waals surface area contributed by atoms with Crippen LogP contribution in [0.3, 0.4) is 0 Å². The maximum absolute atomic E-state index is 9.55. The minimum Gasteiger partial charge on any atom is -0.394 e. The molecule has 1 rings (SSSR count). The third kappa shape index (κ3) is 5.78. The van der Waals surface area contributed by atoms with Gasteiger partial charge in [0.25, 0.3) is 0 Å². The molecule has 0 spiro atoms. The van der Waals surface area contributed by atoms with E-state index >= 15 is 0 Å². The molecule has 114 valence electrons. The average Bonchev–Trinajstić information content (AvgIpc) is 2.40. The van der Waals surface area contributed by atoms with E-state index in [9.17, 15) is 5.11 Å². The van der Waals surface area contributed by atoms with Crippen LogP contribution in [0, 0.1) is 0 Å². The third-order valence-electron chi connectivity index (χ3n) is 4.06. The molecule has 4 nitrogen and oxygen atoms in total. The number of hydrogen-bond acceptors (Lipinski definition) is 4. The van der Waals surface area contributed by atoms with Gasteiger partial charge in [0.1, 0.15) is 0 Å². The Hall–Kier alpha value is -0.160. The van der Waals surface area contributed by atoms with E-state index in [-0.39, 0.29) is 12.1 Å². The second-order valence-corrected chi connectivity index (χ2v) is 6.24. The smallest absolute Gasteiger partial charge is 0.0674 e. The van der Waals surface area contributed by atoms with Crippen LogP contribution in [0.2, 0.25) is 0 Å². The number of aliphatic hydroxyl groups is 1. The molecule has 1 aliphatic heterocycles. The van der Waals surface area contributed by atoms with Crippen molar-refractivity contribution in [1.82, 2.24) is 10.2 Å². The predicted octanol–water partition coefficient (Wildman–Crippen LogP) is 1.63. The lowest BCUT2D eigenvalue weighted by atomic mass is 9.96. The Kier molecular flexibility index (Phi) is 7.29. The van der Waals surface area contributed by atoms with Crippen LogP contribution < -0.4 is 5.32 Å². The highest BCUT2D eigenvalue weighted by atomic mass is 16.5. The zero-order chi connectivity index (χ0) is 14.3. The van der Waals surface area contributed by atoms with Crippen molar-refractivity contribution in [2.45, 2.75) is 64.6 Å². The van der Waals surface area contributed by atoms with Gasteiger partial charge in [0.05, 0.1) is 19.3 Å². The molecule has 0 aliphatic carbocycles. The summed E-state index contributed by atoms with van der Waals surface area (Å²) in [5.41, 5.74) is -0.128. The lowest BCUT2D eigenvalue weighted by molar-refractivity contribution is -0.0502. The fraction of sp³-hybridized carbons (Fsp3) is 1.00. The summed E-state index contributed by atoms with van der Waals surface area (Å²) in [5, 5.41) is 13.0. The van der Waals surface area contributed by atoms with E-state index in [4.69, 9.17) is 4.74 Å². The normalized spacial score (nSPS) is 28.3. The number of nitrogens with one attached hydrogen (secondary N) is 1. The van der Waals surface area contributed by atoms with Gasteiger partial charge in [-0.05, 0) is 53.1 Å². The van der Waals surface area contributed by atoms with Gasteiger partial charge in [-0.2, -0.15) is 0 Å². The molecule has 0 aromatic rings. The number of hydrogen-bond donors (Lipinski definition) is 2. The minimum absolute atomic E-state index is 0.128. The Balaban J connectivity index is 2.30. The summed E-state index contributed by atoms with van der Waals surface area (Å²) in [6.45, 7) is 12.8. The van der Waals surface area contributed by atoms with Crippen molar-refractivity contribution in [2.75, 3.05) is 32.8 Å². The summed E-state index contributed by atoms with van der Waals surface area (Å²) < 4.78 is 5.65. The van der Waals surface area contributed by atoms with Gasteiger partial charge in [0.15, 0.2) is 0 Å². The highest BCUT2D eigenvalue weighted by Gasteiger charge is 2.25. The molecule has 4 heteroatoms. The first-order valence-electron chi connectivity index (χ1n) is 7.72. The van der Waals surface area contributed by atoms with Crippen LogP contribution in [-0.4, -0.2) is 60.5 Å². The van der Waals surface area contributed by atoms with Gasteiger partial charge in [-0.1, -0.05) is 6.92 Å². The third-order valence-corrected chi connectivity index (χ3v) is 4.06. The van der Waals surface area contributed by atoms with Crippen molar-refractivity contribution in [1.29, 1.82) is 0 Å². The molecule has 0 amide bonds.